The van der Waals surface area contributed by atoms with Crippen molar-refractivity contribution in [2.24, 2.45) is 5.92 Å². The van der Waals surface area contributed by atoms with Crippen LogP contribution in [0.3, 0.4) is 0 Å². The SMILES string of the molecule is O=C(O)[C@@H]1CC(O)CN1C(=O)N1CCCC2CCCC21. The summed E-state index contributed by atoms with van der Waals surface area (Å²) in [5.41, 5.74) is 0. The summed E-state index contributed by atoms with van der Waals surface area (Å²) in [7, 11) is 0. The minimum atomic E-state index is -1.02. The number of rotatable bonds is 1. The van der Waals surface area contributed by atoms with E-state index in [4.69, 9.17) is 0 Å². The Morgan fingerprint density at radius 3 is 2.55 bits per heavy atom. The number of piperidine rings is 1. The zero-order chi connectivity index (χ0) is 14.3. The van der Waals surface area contributed by atoms with Gasteiger partial charge in [-0.05, 0) is 31.6 Å². The van der Waals surface area contributed by atoms with Gasteiger partial charge in [0.05, 0.1) is 6.10 Å². The van der Waals surface area contributed by atoms with Crippen LogP contribution in [0.1, 0.15) is 38.5 Å². The number of carboxylic acid groups (broad SMARTS) is 1. The maximum atomic E-state index is 12.7. The molecule has 2 N–H and O–H groups in total. The van der Waals surface area contributed by atoms with Crippen molar-refractivity contribution in [3.05, 3.63) is 0 Å². The van der Waals surface area contributed by atoms with E-state index in [-0.39, 0.29) is 25.0 Å². The average Bonchev–Trinajstić information content (AvgIpc) is 3.03. The Kier molecular flexibility index (Phi) is 3.58. The summed E-state index contributed by atoms with van der Waals surface area (Å²) < 4.78 is 0. The molecule has 0 aromatic heterocycles. The third-order valence-electron chi connectivity index (χ3n) is 5.05. The van der Waals surface area contributed by atoms with Crippen molar-refractivity contribution in [1.29, 1.82) is 0 Å². The zero-order valence-electron chi connectivity index (χ0n) is 11.6. The summed E-state index contributed by atoms with van der Waals surface area (Å²) in [6.07, 6.45) is 4.97. The summed E-state index contributed by atoms with van der Waals surface area (Å²) in [6, 6.07) is -0.784. The van der Waals surface area contributed by atoms with Gasteiger partial charge in [0.15, 0.2) is 0 Å². The van der Waals surface area contributed by atoms with E-state index in [1.807, 2.05) is 4.90 Å². The molecule has 2 heterocycles. The normalized spacial score (nSPS) is 37.0. The molecule has 112 valence electrons. The number of aliphatic hydroxyl groups excluding tert-OH is 1. The van der Waals surface area contributed by atoms with Gasteiger partial charge in [-0.2, -0.15) is 0 Å². The Bertz CT molecular complexity index is 414. The second-order valence-electron chi connectivity index (χ2n) is 6.27. The molecule has 3 rings (SSSR count). The Morgan fingerprint density at radius 1 is 1.05 bits per heavy atom. The molecule has 1 saturated carbocycles. The molecule has 6 heteroatoms. The Morgan fingerprint density at radius 2 is 1.80 bits per heavy atom. The number of urea groups is 1. The van der Waals surface area contributed by atoms with Crippen LogP contribution in [0.5, 0.6) is 0 Å². The van der Waals surface area contributed by atoms with Crippen LogP contribution >= 0.6 is 0 Å². The fourth-order valence-electron chi connectivity index (χ4n) is 4.12. The molecule has 0 radical (unpaired) electrons. The summed E-state index contributed by atoms with van der Waals surface area (Å²) in [6.45, 7) is 0.864. The quantitative estimate of drug-likeness (QED) is 0.748. The first kappa shape index (κ1) is 13.7. The molecule has 20 heavy (non-hydrogen) atoms. The molecule has 4 atom stereocenters. The van der Waals surface area contributed by atoms with Gasteiger partial charge in [0.1, 0.15) is 6.04 Å². The lowest BCUT2D eigenvalue weighted by Gasteiger charge is -2.40. The number of carboxylic acids is 1. The van der Waals surface area contributed by atoms with Gasteiger partial charge in [-0.3, -0.25) is 0 Å². The van der Waals surface area contributed by atoms with Crippen LogP contribution in [0.2, 0.25) is 0 Å². The number of likely N-dealkylation sites (tertiary alicyclic amines) is 2. The van der Waals surface area contributed by atoms with Crippen LogP contribution in [-0.2, 0) is 4.79 Å². The molecule has 2 saturated heterocycles. The van der Waals surface area contributed by atoms with Gasteiger partial charge in [0.2, 0.25) is 0 Å². The van der Waals surface area contributed by atoms with Crippen molar-refractivity contribution in [1.82, 2.24) is 9.80 Å². The van der Waals surface area contributed by atoms with Gasteiger partial charge in [0.25, 0.3) is 0 Å². The molecule has 0 spiro atoms. The molecule has 0 aromatic carbocycles. The monoisotopic (exact) mass is 282 g/mol. The molecule has 2 aliphatic heterocycles. The van der Waals surface area contributed by atoms with Gasteiger partial charge in [0, 0.05) is 25.6 Å². The number of amides is 2. The first-order valence-electron chi connectivity index (χ1n) is 7.56. The number of hydrogen-bond acceptors (Lipinski definition) is 3. The molecule has 6 nitrogen and oxygen atoms in total. The van der Waals surface area contributed by atoms with E-state index >= 15 is 0 Å². The third-order valence-corrected chi connectivity index (χ3v) is 5.05. The molecule has 3 unspecified atom stereocenters. The predicted octanol–water partition coefficient (Wildman–Crippen LogP) is 0.891. The van der Waals surface area contributed by atoms with Crippen molar-refractivity contribution < 1.29 is 19.8 Å². The highest BCUT2D eigenvalue weighted by molar-refractivity contribution is 5.83. The van der Waals surface area contributed by atoms with Gasteiger partial charge in [-0.15, -0.1) is 0 Å². The third kappa shape index (κ3) is 2.26. The highest BCUT2D eigenvalue weighted by atomic mass is 16.4. The number of β-amino-alcohol motifs (C(OH)–C–C–N with tert-alkyl or cyclic N) is 1. The lowest BCUT2D eigenvalue weighted by molar-refractivity contribution is -0.141. The van der Waals surface area contributed by atoms with Crippen LogP contribution in [0.25, 0.3) is 0 Å². The van der Waals surface area contributed by atoms with E-state index in [1.54, 1.807) is 0 Å². The standard InChI is InChI=1S/C14H22N2O4/c17-10-7-12(13(18)19)16(8-10)14(20)15-6-2-4-9-3-1-5-11(9)15/h9-12,17H,1-8H2,(H,18,19)/t9?,10?,11?,12-/m0/s1. The van der Waals surface area contributed by atoms with Gasteiger partial charge in [-0.1, -0.05) is 6.42 Å². The summed E-state index contributed by atoms with van der Waals surface area (Å²) in [5, 5.41) is 18.9. The Labute approximate surface area is 118 Å². The fraction of sp³-hybridized carbons (Fsp3) is 0.857. The summed E-state index contributed by atoms with van der Waals surface area (Å²) >= 11 is 0. The largest absolute Gasteiger partial charge is 0.480 e. The van der Waals surface area contributed by atoms with Gasteiger partial charge >= 0.3 is 12.0 Å². The first-order valence-corrected chi connectivity index (χ1v) is 7.56. The van der Waals surface area contributed by atoms with Crippen LogP contribution in [0.15, 0.2) is 0 Å². The van der Waals surface area contributed by atoms with Crippen molar-refractivity contribution in [3.8, 4) is 0 Å². The van der Waals surface area contributed by atoms with Gasteiger partial charge in [-0.25, -0.2) is 9.59 Å². The average molecular weight is 282 g/mol. The van der Waals surface area contributed by atoms with E-state index in [0.717, 1.165) is 25.8 Å². The second-order valence-corrected chi connectivity index (χ2v) is 6.27. The van der Waals surface area contributed by atoms with E-state index in [2.05, 4.69) is 0 Å². The molecule has 0 aromatic rings. The molecule has 1 aliphatic carbocycles. The minimum Gasteiger partial charge on any atom is -0.480 e. The molecule has 3 aliphatic rings. The first-order chi connectivity index (χ1) is 9.58. The maximum Gasteiger partial charge on any atom is 0.326 e. The van der Waals surface area contributed by atoms with Crippen LogP contribution in [-0.4, -0.2) is 63.3 Å². The highest BCUT2D eigenvalue weighted by Crippen LogP contribution is 2.37. The molecule has 2 amide bonds. The van der Waals surface area contributed by atoms with Crippen molar-refractivity contribution in [2.75, 3.05) is 13.1 Å². The van der Waals surface area contributed by atoms with E-state index < -0.39 is 18.1 Å². The van der Waals surface area contributed by atoms with Crippen molar-refractivity contribution in [2.45, 2.75) is 56.7 Å². The minimum absolute atomic E-state index is 0.142. The van der Waals surface area contributed by atoms with Crippen molar-refractivity contribution >= 4 is 12.0 Å². The van der Waals surface area contributed by atoms with Crippen LogP contribution in [0.4, 0.5) is 4.79 Å². The Balaban J connectivity index is 1.75. The van der Waals surface area contributed by atoms with E-state index in [0.29, 0.717) is 5.92 Å². The molecular weight excluding hydrogens is 260 g/mol. The number of aliphatic carboxylic acids is 1. The second kappa shape index (κ2) is 5.24. The highest BCUT2D eigenvalue weighted by Gasteiger charge is 2.44. The topological polar surface area (TPSA) is 81.1 Å². The number of nitrogens with zero attached hydrogens (tertiary/aromatic N) is 2. The maximum absolute atomic E-state index is 12.7. The lowest BCUT2D eigenvalue weighted by Crippen LogP contribution is -2.54. The van der Waals surface area contributed by atoms with E-state index in [1.165, 1.54) is 17.7 Å². The van der Waals surface area contributed by atoms with Crippen LogP contribution in [0, 0.1) is 5.92 Å². The summed E-state index contributed by atoms with van der Waals surface area (Å²) in [5.74, 6) is -0.432. The fourth-order valence-corrected chi connectivity index (χ4v) is 4.12. The number of aliphatic hydroxyl groups is 1. The zero-order valence-corrected chi connectivity index (χ0v) is 11.6. The number of carbonyl (C=O) groups excluding carboxylic acids is 1. The van der Waals surface area contributed by atoms with Crippen LogP contribution < -0.4 is 0 Å². The van der Waals surface area contributed by atoms with Gasteiger partial charge < -0.3 is 20.0 Å². The lowest BCUT2D eigenvalue weighted by atomic mass is 9.92. The number of carbonyl (C=O) groups is 2. The Hall–Kier alpha value is -1.30. The molecular formula is C14H22N2O4. The van der Waals surface area contributed by atoms with E-state index in [9.17, 15) is 19.8 Å². The van der Waals surface area contributed by atoms with Crippen molar-refractivity contribution in [3.63, 3.8) is 0 Å². The predicted molar refractivity (Wildman–Crippen MR) is 71.2 cm³/mol. The molecule has 0 bridgehead atoms. The molecule has 3 fully saturated rings. The number of hydrogen-bond donors (Lipinski definition) is 2. The smallest absolute Gasteiger partial charge is 0.326 e. The number of fused-ring (bicyclic) bond motifs is 1. The summed E-state index contributed by atoms with van der Waals surface area (Å²) in [4.78, 5) is 27.2.